The molecule has 4 heteroatoms. The Labute approximate surface area is 97.4 Å². The Morgan fingerprint density at radius 2 is 2.24 bits per heavy atom. The summed E-state index contributed by atoms with van der Waals surface area (Å²) in [6, 6.07) is 8.11. The second-order valence-corrected chi connectivity index (χ2v) is 4.61. The van der Waals surface area contributed by atoms with Crippen molar-refractivity contribution in [3.8, 4) is 0 Å². The maximum absolute atomic E-state index is 11.0. The highest BCUT2D eigenvalue weighted by Gasteiger charge is 2.70. The van der Waals surface area contributed by atoms with E-state index in [1.807, 2.05) is 18.2 Å². The molecule has 2 aliphatic carbocycles. The lowest BCUT2D eigenvalue weighted by molar-refractivity contribution is -0.548. The second-order valence-electron chi connectivity index (χ2n) is 4.61. The van der Waals surface area contributed by atoms with E-state index in [9.17, 15) is 10.1 Å². The summed E-state index contributed by atoms with van der Waals surface area (Å²) in [5, 5.41) is 11.0. The van der Waals surface area contributed by atoms with Crippen molar-refractivity contribution in [3.05, 3.63) is 63.2 Å². The molecule has 3 aliphatic rings. The summed E-state index contributed by atoms with van der Waals surface area (Å²) in [4.78, 5) is 10.7. The van der Waals surface area contributed by atoms with Crippen LogP contribution in [0.25, 0.3) is 5.57 Å². The molecule has 2 atom stereocenters. The van der Waals surface area contributed by atoms with Crippen LogP contribution >= 0.6 is 0 Å². The topological polar surface area (TPSA) is 55.7 Å². The van der Waals surface area contributed by atoms with Gasteiger partial charge in [-0.3, -0.25) is 14.9 Å². The molecule has 0 aromatic heterocycles. The number of nitrogens with zero attached hydrogens (tertiary/aromatic N) is 1. The van der Waals surface area contributed by atoms with Crippen LogP contribution in [0.5, 0.6) is 0 Å². The summed E-state index contributed by atoms with van der Waals surface area (Å²) < 4.78 is 5.33. The van der Waals surface area contributed by atoms with Gasteiger partial charge in [0.15, 0.2) is 6.10 Å². The number of fused-ring (bicyclic) bond motifs is 4. The van der Waals surface area contributed by atoms with E-state index in [1.54, 1.807) is 6.08 Å². The Kier molecular flexibility index (Phi) is 1.42. The Balaban J connectivity index is 1.83. The van der Waals surface area contributed by atoms with Crippen LogP contribution in [-0.2, 0) is 11.2 Å². The fourth-order valence-electron chi connectivity index (χ4n) is 2.85. The quantitative estimate of drug-likeness (QED) is 0.418. The van der Waals surface area contributed by atoms with E-state index in [0.29, 0.717) is 0 Å². The first kappa shape index (κ1) is 9.13. The zero-order chi connectivity index (χ0) is 11.6. The Bertz CT molecular complexity index is 617. The number of epoxide rings is 1. The van der Waals surface area contributed by atoms with E-state index >= 15 is 0 Å². The summed E-state index contributed by atoms with van der Waals surface area (Å²) in [6.07, 6.45) is 3.84. The molecule has 1 aromatic carbocycles. The van der Waals surface area contributed by atoms with Gasteiger partial charge in [0.2, 0.25) is 0 Å². The largest absolute Gasteiger partial charge is 0.376 e. The Morgan fingerprint density at radius 1 is 1.41 bits per heavy atom. The molecule has 4 rings (SSSR count). The maximum atomic E-state index is 11.0. The van der Waals surface area contributed by atoms with Crippen LogP contribution in [-0.4, -0.2) is 16.8 Å². The fraction of sp³-hybridized carbons (Fsp3) is 0.231. The number of hydrogen-bond acceptors (Lipinski definition) is 3. The molecule has 0 saturated carbocycles. The zero-order valence-corrected chi connectivity index (χ0v) is 8.92. The maximum Gasteiger partial charge on any atom is 0.376 e. The second kappa shape index (κ2) is 2.65. The van der Waals surface area contributed by atoms with Crippen molar-refractivity contribution in [2.75, 3.05) is 0 Å². The third kappa shape index (κ3) is 0.964. The summed E-state index contributed by atoms with van der Waals surface area (Å²) in [5.74, 6) is 0. The monoisotopic (exact) mass is 227 g/mol. The highest BCUT2D eigenvalue weighted by molar-refractivity contribution is 5.85. The molecule has 1 heterocycles. The lowest BCUT2D eigenvalue weighted by Gasteiger charge is -2.07. The molecular weight excluding hydrogens is 218 g/mol. The minimum absolute atomic E-state index is 0.332. The number of allylic oxidation sites excluding steroid dienone is 2. The van der Waals surface area contributed by atoms with Crippen molar-refractivity contribution < 1.29 is 9.66 Å². The first-order valence-corrected chi connectivity index (χ1v) is 5.55. The first-order chi connectivity index (χ1) is 8.22. The van der Waals surface area contributed by atoms with E-state index in [0.717, 1.165) is 17.6 Å². The number of nitro groups is 1. The van der Waals surface area contributed by atoms with Crippen LogP contribution in [0.15, 0.2) is 42.0 Å². The van der Waals surface area contributed by atoms with Gasteiger partial charge in [-0.15, -0.1) is 0 Å². The highest BCUT2D eigenvalue weighted by Crippen LogP contribution is 2.52. The molecule has 0 spiro atoms. The molecule has 1 aromatic rings. The summed E-state index contributed by atoms with van der Waals surface area (Å²) >= 11 is 0. The van der Waals surface area contributed by atoms with Crippen molar-refractivity contribution in [2.24, 2.45) is 0 Å². The molecule has 1 saturated heterocycles. The van der Waals surface area contributed by atoms with Crippen LogP contribution < -0.4 is 0 Å². The Hall–Kier alpha value is -1.94. The van der Waals surface area contributed by atoms with Crippen molar-refractivity contribution in [2.45, 2.75) is 18.2 Å². The number of benzene rings is 1. The summed E-state index contributed by atoms with van der Waals surface area (Å²) in [5.41, 5.74) is 3.33. The minimum Gasteiger partial charge on any atom is -0.290 e. The summed E-state index contributed by atoms with van der Waals surface area (Å²) in [6.45, 7) is 0. The van der Waals surface area contributed by atoms with Crippen molar-refractivity contribution in [3.63, 3.8) is 0 Å². The van der Waals surface area contributed by atoms with Crippen LogP contribution in [0.1, 0.15) is 11.1 Å². The van der Waals surface area contributed by atoms with E-state index in [-0.39, 0.29) is 11.0 Å². The van der Waals surface area contributed by atoms with Gasteiger partial charge >= 0.3 is 5.72 Å². The molecule has 0 N–H and O–H groups in total. The third-order valence-electron chi connectivity index (χ3n) is 3.75. The summed E-state index contributed by atoms with van der Waals surface area (Å²) in [7, 11) is 0. The van der Waals surface area contributed by atoms with Crippen LogP contribution in [0.3, 0.4) is 0 Å². The number of rotatable bonds is 1. The van der Waals surface area contributed by atoms with Gasteiger partial charge in [-0.25, -0.2) is 0 Å². The van der Waals surface area contributed by atoms with Crippen molar-refractivity contribution >= 4 is 5.57 Å². The van der Waals surface area contributed by atoms with Gasteiger partial charge in [0.25, 0.3) is 0 Å². The molecular formula is C13H9NO3. The molecule has 1 aliphatic heterocycles. The molecule has 0 radical (unpaired) electrons. The number of hydrogen-bond donors (Lipinski definition) is 0. The SMILES string of the molecule is O=[N+]([O-])C12C=CC3=C(Cc4ccccc43)C1O2. The molecule has 1 fully saturated rings. The fourth-order valence-corrected chi connectivity index (χ4v) is 2.85. The highest BCUT2D eigenvalue weighted by atomic mass is 16.7. The standard InChI is InChI=1S/C13H9NO3/c15-14(16)13-6-5-10-9-4-2-1-3-8(9)7-11(10)12(13)17-13/h1-6,12H,7H2. The lowest BCUT2D eigenvalue weighted by atomic mass is 9.95. The molecule has 17 heavy (non-hydrogen) atoms. The lowest BCUT2D eigenvalue weighted by Crippen LogP contribution is -2.26. The van der Waals surface area contributed by atoms with Crippen LogP contribution in [0.4, 0.5) is 0 Å². The third-order valence-corrected chi connectivity index (χ3v) is 3.75. The van der Waals surface area contributed by atoms with Gasteiger partial charge in [0, 0.05) is 6.08 Å². The zero-order valence-electron chi connectivity index (χ0n) is 8.92. The van der Waals surface area contributed by atoms with Crippen LogP contribution in [0.2, 0.25) is 0 Å². The van der Waals surface area contributed by atoms with Gasteiger partial charge in [-0.2, -0.15) is 0 Å². The van der Waals surface area contributed by atoms with Crippen molar-refractivity contribution in [1.82, 2.24) is 0 Å². The molecule has 0 bridgehead atoms. The van der Waals surface area contributed by atoms with E-state index in [2.05, 4.69) is 12.1 Å². The minimum atomic E-state index is -1.26. The molecule has 4 nitrogen and oxygen atoms in total. The van der Waals surface area contributed by atoms with Gasteiger partial charge in [-0.05, 0) is 34.8 Å². The average Bonchev–Trinajstić information content (AvgIpc) is 2.98. The van der Waals surface area contributed by atoms with Gasteiger partial charge in [0.05, 0.1) is 4.92 Å². The van der Waals surface area contributed by atoms with Crippen molar-refractivity contribution in [1.29, 1.82) is 0 Å². The number of ether oxygens (including phenoxy) is 1. The molecule has 0 amide bonds. The van der Waals surface area contributed by atoms with Gasteiger partial charge < -0.3 is 0 Å². The average molecular weight is 227 g/mol. The predicted molar refractivity (Wildman–Crippen MR) is 60.8 cm³/mol. The van der Waals surface area contributed by atoms with E-state index in [4.69, 9.17) is 4.74 Å². The predicted octanol–water partition coefficient (Wildman–Crippen LogP) is 1.94. The van der Waals surface area contributed by atoms with E-state index in [1.165, 1.54) is 11.1 Å². The first-order valence-electron chi connectivity index (χ1n) is 5.55. The van der Waals surface area contributed by atoms with Gasteiger partial charge in [-0.1, -0.05) is 24.3 Å². The Morgan fingerprint density at radius 3 is 3.06 bits per heavy atom. The normalized spacial score (nSPS) is 31.9. The van der Waals surface area contributed by atoms with Crippen LogP contribution in [0, 0.1) is 10.1 Å². The van der Waals surface area contributed by atoms with Gasteiger partial charge in [0.1, 0.15) is 0 Å². The smallest absolute Gasteiger partial charge is 0.290 e. The van der Waals surface area contributed by atoms with E-state index < -0.39 is 5.72 Å². The molecule has 2 unspecified atom stereocenters. The molecule has 84 valence electrons.